The van der Waals surface area contributed by atoms with E-state index >= 15 is 0 Å². The summed E-state index contributed by atoms with van der Waals surface area (Å²) in [6.45, 7) is 3.98. The van der Waals surface area contributed by atoms with E-state index in [-0.39, 0.29) is 5.92 Å². The number of benzene rings is 2. The van der Waals surface area contributed by atoms with Crippen molar-refractivity contribution in [3.05, 3.63) is 54.7 Å². The van der Waals surface area contributed by atoms with Gasteiger partial charge in [-0.15, -0.1) is 0 Å². The fraction of sp³-hybridized carbons (Fsp3) is 0.250. The molecular weight excluding hydrogens is 418 g/mol. The Labute approximate surface area is 191 Å². The molecule has 0 spiro atoms. The molecular formula is C24H25N7O2. The number of fused-ring (bicyclic) bond motifs is 1. The van der Waals surface area contributed by atoms with Gasteiger partial charge in [0.1, 0.15) is 17.3 Å². The molecule has 0 fully saturated rings. The summed E-state index contributed by atoms with van der Waals surface area (Å²) in [5, 5.41) is 17.3. The van der Waals surface area contributed by atoms with E-state index < -0.39 is 0 Å². The molecule has 1 aliphatic rings. The predicted octanol–water partition coefficient (Wildman–Crippen LogP) is 4.09. The topological polar surface area (TPSA) is 101 Å². The number of hydrogen-bond acceptors (Lipinski definition) is 8. The molecule has 1 atom stereocenters. The summed E-state index contributed by atoms with van der Waals surface area (Å²) in [6.07, 6.45) is 3.69. The van der Waals surface area contributed by atoms with E-state index in [1.165, 1.54) is 0 Å². The second-order valence-corrected chi connectivity index (χ2v) is 7.80. The molecule has 2 N–H and O–H groups in total. The van der Waals surface area contributed by atoms with E-state index in [1.54, 1.807) is 6.20 Å². The number of rotatable bonds is 8. The van der Waals surface area contributed by atoms with Gasteiger partial charge in [-0.25, -0.2) is 9.97 Å². The highest BCUT2D eigenvalue weighted by Crippen LogP contribution is 2.31. The van der Waals surface area contributed by atoms with Crippen molar-refractivity contribution in [1.29, 1.82) is 0 Å². The third kappa shape index (κ3) is 4.72. The lowest BCUT2D eigenvalue weighted by atomic mass is 10.1. The molecule has 33 heavy (non-hydrogen) atoms. The summed E-state index contributed by atoms with van der Waals surface area (Å²) in [5.74, 6) is 3.73. The Bertz CT molecular complexity index is 1270. The molecule has 0 saturated carbocycles. The molecule has 0 amide bonds. The molecule has 1 unspecified atom stereocenters. The molecule has 9 heteroatoms. The van der Waals surface area contributed by atoms with E-state index in [0.29, 0.717) is 30.7 Å². The second kappa shape index (κ2) is 9.15. The van der Waals surface area contributed by atoms with Crippen molar-refractivity contribution in [2.24, 2.45) is 11.0 Å². The van der Waals surface area contributed by atoms with E-state index in [2.05, 4.69) is 20.6 Å². The molecule has 9 nitrogen and oxygen atoms in total. The largest absolute Gasteiger partial charge is 0.494 e. The van der Waals surface area contributed by atoms with Crippen LogP contribution in [0.15, 0.2) is 59.8 Å². The minimum Gasteiger partial charge on any atom is -0.494 e. The number of aromatic amines is 1. The number of nitrogens with one attached hydrogen (secondary N) is 2. The Morgan fingerprint density at radius 2 is 2.00 bits per heavy atom. The van der Waals surface area contributed by atoms with Crippen LogP contribution in [0.25, 0.3) is 22.3 Å². The second-order valence-electron chi connectivity index (χ2n) is 7.80. The van der Waals surface area contributed by atoms with Crippen LogP contribution in [0.1, 0.15) is 6.92 Å². The van der Waals surface area contributed by atoms with Crippen molar-refractivity contribution in [2.75, 3.05) is 32.1 Å². The lowest BCUT2D eigenvalue weighted by Gasteiger charge is -2.13. The van der Waals surface area contributed by atoms with Gasteiger partial charge in [0.25, 0.3) is 0 Å². The SMILES string of the molecule is CCOc1ccc2nc(-c3cccc(OCC4C=NN(C)C4)c3)nc(Nc3cc[nH]n3)c2c1. The van der Waals surface area contributed by atoms with Crippen molar-refractivity contribution < 1.29 is 9.47 Å². The van der Waals surface area contributed by atoms with Gasteiger partial charge in [-0.3, -0.25) is 10.1 Å². The smallest absolute Gasteiger partial charge is 0.162 e. The van der Waals surface area contributed by atoms with Crippen molar-refractivity contribution in [1.82, 2.24) is 25.2 Å². The fourth-order valence-corrected chi connectivity index (χ4v) is 3.71. The highest BCUT2D eigenvalue weighted by molar-refractivity contribution is 5.93. The van der Waals surface area contributed by atoms with Crippen LogP contribution in [0.2, 0.25) is 0 Å². The van der Waals surface area contributed by atoms with Crippen molar-refractivity contribution in [3.63, 3.8) is 0 Å². The van der Waals surface area contributed by atoms with Gasteiger partial charge in [-0.05, 0) is 37.3 Å². The molecule has 168 valence electrons. The number of ether oxygens (including phenoxy) is 2. The van der Waals surface area contributed by atoms with Gasteiger partial charge in [0, 0.05) is 48.9 Å². The Kier molecular flexibility index (Phi) is 5.75. The number of aromatic nitrogens is 4. The summed E-state index contributed by atoms with van der Waals surface area (Å²) >= 11 is 0. The molecule has 0 bridgehead atoms. The monoisotopic (exact) mass is 443 g/mol. The van der Waals surface area contributed by atoms with Crippen molar-refractivity contribution >= 4 is 28.8 Å². The summed E-state index contributed by atoms with van der Waals surface area (Å²) in [6, 6.07) is 15.5. The highest BCUT2D eigenvalue weighted by Gasteiger charge is 2.16. The number of nitrogens with zero attached hydrogens (tertiary/aromatic N) is 5. The minimum atomic E-state index is 0.278. The van der Waals surface area contributed by atoms with Gasteiger partial charge >= 0.3 is 0 Å². The standard InChI is InChI=1S/C24H25N7O2/c1-3-32-19-7-8-21-20(12-19)24(28-22-9-10-25-30-22)29-23(27-21)17-5-4-6-18(11-17)33-15-16-13-26-31(2)14-16/h4-13,16H,3,14-15H2,1-2H3,(H2,25,27,28,29,30). The maximum absolute atomic E-state index is 6.03. The number of hydrazone groups is 1. The highest BCUT2D eigenvalue weighted by atomic mass is 16.5. The minimum absolute atomic E-state index is 0.278. The Balaban J connectivity index is 1.47. The third-order valence-electron chi connectivity index (χ3n) is 5.26. The van der Waals surface area contributed by atoms with Crippen molar-refractivity contribution in [2.45, 2.75) is 6.92 Å². The van der Waals surface area contributed by atoms with Crippen LogP contribution < -0.4 is 14.8 Å². The number of hydrogen-bond donors (Lipinski definition) is 2. The van der Waals surface area contributed by atoms with Crippen LogP contribution in [-0.2, 0) is 0 Å². The zero-order valence-corrected chi connectivity index (χ0v) is 18.5. The first-order valence-corrected chi connectivity index (χ1v) is 10.9. The first-order valence-electron chi connectivity index (χ1n) is 10.9. The summed E-state index contributed by atoms with van der Waals surface area (Å²) in [5.41, 5.74) is 1.67. The molecule has 1 aliphatic heterocycles. The quantitative estimate of drug-likeness (QED) is 0.423. The van der Waals surface area contributed by atoms with Gasteiger partial charge < -0.3 is 14.8 Å². The van der Waals surface area contributed by atoms with Crippen LogP contribution in [0.4, 0.5) is 11.6 Å². The molecule has 5 rings (SSSR count). The summed E-state index contributed by atoms with van der Waals surface area (Å²) in [4.78, 5) is 9.63. The Morgan fingerprint density at radius 1 is 1.09 bits per heavy atom. The molecule has 4 aromatic rings. The normalized spacial score (nSPS) is 15.2. The zero-order valence-electron chi connectivity index (χ0n) is 18.5. The molecule has 0 aliphatic carbocycles. The third-order valence-corrected chi connectivity index (χ3v) is 5.26. The Hall–Kier alpha value is -4.14. The summed E-state index contributed by atoms with van der Waals surface area (Å²) < 4.78 is 11.7. The predicted molar refractivity (Wildman–Crippen MR) is 128 cm³/mol. The maximum Gasteiger partial charge on any atom is 0.162 e. The van der Waals surface area contributed by atoms with Gasteiger partial charge in [0.2, 0.25) is 0 Å². The van der Waals surface area contributed by atoms with E-state index in [4.69, 9.17) is 19.4 Å². The van der Waals surface area contributed by atoms with Crippen LogP contribution in [-0.4, -0.2) is 58.2 Å². The number of H-pyrrole nitrogens is 1. The first-order chi connectivity index (χ1) is 16.2. The average molecular weight is 444 g/mol. The average Bonchev–Trinajstić information content (AvgIpc) is 3.50. The lowest BCUT2D eigenvalue weighted by molar-refractivity contribution is 0.258. The molecule has 0 saturated heterocycles. The molecule has 2 aromatic carbocycles. The van der Waals surface area contributed by atoms with Gasteiger partial charge in [0.15, 0.2) is 11.6 Å². The molecule has 2 aromatic heterocycles. The molecule has 3 heterocycles. The maximum atomic E-state index is 6.03. The van der Waals surface area contributed by atoms with Gasteiger partial charge in [0.05, 0.1) is 18.7 Å². The Morgan fingerprint density at radius 3 is 2.79 bits per heavy atom. The lowest BCUT2D eigenvalue weighted by Crippen LogP contribution is -2.19. The summed E-state index contributed by atoms with van der Waals surface area (Å²) in [7, 11) is 1.96. The van der Waals surface area contributed by atoms with Crippen LogP contribution in [0.3, 0.4) is 0 Å². The fourth-order valence-electron chi connectivity index (χ4n) is 3.71. The zero-order chi connectivity index (χ0) is 22.6. The van der Waals surface area contributed by atoms with Crippen LogP contribution >= 0.6 is 0 Å². The van der Waals surface area contributed by atoms with E-state index in [9.17, 15) is 0 Å². The molecule has 0 radical (unpaired) electrons. The first kappa shape index (κ1) is 20.7. The van der Waals surface area contributed by atoms with Crippen molar-refractivity contribution in [3.8, 4) is 22.9 Å². The number of anilines is 2. The van der Waals surface area contributed by atoms with E-state index in [0.717, 1.165) is 34.5 Å². The van der Waals surface area contributed by atoms with Gasteiger partial charge in [-0.1, -0.05) is 12.1 Å². The van der Waals surface area contributed by atoms with Crippen LogP contribution in [0, 0.1) is 5.92 Å². The van der Waals surface area contributed by atoms with Crippen LogP contribution in [0.5, 0.6) is 11.5 Å². The van der Waals surface area contributed by atoms with E-state index in [1.807, 2.05) is 73.7 Å². The van der Waals surface area contributed by atoms with Gasteiger partial charge in [-0.2, -0.15) is 10.2 Å².